The fourth-order valence-electron chi connectivity index (χ4n) is 7.91. The van der Waals surface area contributed by atoms with E-state index in [0.29, 0.717) is 17.5 Å². The topological polar surface area (TPSA) is 408 Å². The molecule has 74 heavy (non-hydrogen) atoms. The molecule has 0 saturated carbocycles. The number of rotatable bonds is 29. The number of carbonyl (C=O) groups is 11. The normalized spacial score (nSPS) is 16.9. The van der Waals surface area contributed by atoms with Crippen molar-refractivity contribution in [3.8, 4) is 0 Å². The number of hydrogen-bond donors (Lipinski definition) is 13. The summed E-state index contributed by atoms with van der Waals surface area (Å²) in [6.45, 7) is 6.50. The van der Waals surface area contributed by atoms with Crippen LogP contribution in [-0.4, -0.2) is 164 Å². The summed E-state index contributed by atoms with van der Waals surface area (Å²) < 4.78 is 0. The van der Waals surface area contributed by atoms with E-state index in [1.807, 2.05) is 0 Å². The molecule has 406 valence electrons. The fraction of sp³-hybridized carbons (Fsp3) is 0.531. The quantitative estimate of drug-likeness (QED) is 0.0379. The van der Waals surface area contributed by atoms with Gasteiger partial charge in [0, 0.05) is 19.4 Å². The van der Waals surface area contributed by atoms with Crippen molar-refractivity contribution in [1.82, 2.24) is 42.1 Å². The van der Waals surface area contributed by atoms with E-state index in [9.17, 15) is 73.2 Å². The maximum absolute atomic E-state index is 14.4. The predicted octanol–water partition coefficient (Wildman–Crippen LogP) is -3.31. The maximum atomic E-state index is 14.4. The molecule has 25 nitrogen and oxygen atoms in total. The molecule has 1 fully saturated rings. The van der Waals surface area contributed by atoms with Crippen LogP contribution in [0.2, 0.25) is 0 Å². The Kier molecular flexibility index (Phi) is 24.0. The molecule has 2 aromatic carbocycles. The molecule has 25 heteroatoms. The molecule has 1 aliphatic heterocycles. The van der Waals surface area contributed by atoms with E-state index in [1.165, 1.54) is 4.90 Å². The summed E-state index contributed by atoms with van der Waals surface area (Å²) in [5.41, 5.74) is 12.7. The second-order valence-electron chi connectivity index (χ2n) is 18.7. The fourth-order valence-corrected chi connectivity index (χ4v) is 7.91. The third-order valence-corrected chi connectivity index (χ3v) is 12.1. The second kappa shape index (κ2) is 29.3. The van der Waals surface area contributed by atoms with Gasteiger partial charge in [0.25, 0.3) is 0 Å². The molecule has 9 amide bonds. The van der Waals surface area contributed by atoms with Gasteiger partial charge in [-0.05, 0) is 55.6 Å². The third kappa shape index (κ3) is 18.8. The molecular weight excluding hydrogens is 969 g/mol. The van der Waals surface area contributed by atoms with Crippen molar-refractivity contribution in [2.24, 2.45) is 23.3 Å². The molecule has 1 heterocycles. The summed E-state index contributed by atoms with van der Waals surface area (Å²) >= 11 is 0. The summed E-state index contributed by atoms with van der Waals surface area (Å²) in [5, 5.41) is 56.4. The Morgan fingerprint density at radius 2 is 1.09 bits per heavy atom. The van der Waals surface area contributed by atoms with E-state index < -0.39 is 163 Å². The van der Waals surface area contributed by atoms with Gasteiger partial charge >= 0.3 is 11.9 Å². The lowest BCUT2D eigenvalue weighted by Crippen LogP contribution is -2.62. The molecule has 3 rings (SSSR count). The Labute approximate surface area is 427 Å². The Morgan fingerprint density at radius 1 is 0.608 bits per heavy atom. The Bertz CT molecular complexity index is 2300. The average molecular weight is 1040 g/mol. The summed E-state index contributed by atoms with van der Waals surface area (Å²) in [6, 6.07) is 3.62. The average Bonchev–Trinajstić information content (AvgIpc) is 3.84. The minimum Gasteiger partial charge on any atom is -0.481 e. The molecule has 15 N–H and O–H groups in total. The standard InChI is InChI=1S/C49H70N10O15/c1-25(2)38(48(72)59-20-12-17-35(59)46(70)53-32(22-29-15-10-7-11-16-29)43(67)55-34(24-60)45(69)57-39(26(3)4)49(73)74)56-42(66)31(18-19-36(51)62)52-44(68)33(23-37(63)64)54-47(71)40(27(5)61)58-41(65)30(50)21-28-13-8-6-9-14-28/h6-11,13-16,25-27,30-35,38-40,60-61H,12,17-24,50H2,1-5H3,(H2,51,62)(H,52,68)(H,53,70)(H,54,71)(H,55,67)(H,56,66)(H,57,69)(H,58,65)(H,63,64)(H,73,74)/t27-,30+,31+,32+,33+,34+,35+,38+,39+,40+/m1/s1. The Morgan fingerprint density at radius 3 is 1.61 bits per heavy atom. The van der Waals surface area contributed by atoms with Crippen LogP contribution in [0.1, 0.15) is 77.8 Å². The number of aliphatic carboxylic acids is 2. The number of carbonyl (C=O) groups excluding carboxylic acids is 9. The number of aliphatic hydroxyl groups is 2. The monoisotopic (exact) mass is 1040 g/mol. The van der Waals surface area contributed by atoms with Gasteiger partial charge in [0.15, 0.2) is 0 Å². The number of primary amides is 1. The molecular formula is C49H70N10O15. The highest BCUT2D eigenvalue weighted by Gasteiger charge is 2.42. The number of nitrogens with two attached hydrogens (primary N) is 2. The summed E-state index contributed by atoms with van der Waals surface area (Å²) in [4.78, 5) is 146. The van der Waals surface area contributed by atoms with Crippen LogP contribution in [0.5, 0.6) is 0 Å². The number of amides is 9. The highest BCUT2D eigenvalue weighted by Crippen LogP contribution is 2.22. The van der Waals surface area contributed by atoms with E-state index in [4.69, 9.17) is 11.5 Å². The van der Waals surface area contributed by atoms with Crippen molar-refractivity contribution < 1.29 is 73.2 Å². The number of benzene rings is 2. The number of nitrogens with one attached hydrogen (secondary N) is 7. The Hall–Kier alpha value is -7.51. The second-order valence-corrected chi connectivity index (χ2v) is 18.7. The first-order valence-electron chi connectivity index (χ1n) is 24.1. The van der Waals surface area contributed by atoms with E-state index in [2.05, 4.69) is 37.2 Å². The number of likely N-dealkylation sites (tertiary alicyclic amines) is 1. The van der Waals surface area contributed by atoms with Crippen LogP contribution in [0, 0.1) is 11.8 Å². The van der Waals surface area contributed by atoms with Crippen LogP contribution in [0.4, 0.5) is 0 Å². The van der Waals surface area contributed by atoms with Crippen LogP contribution in [-0.2, 0) is 65.6 Å². The molecule has 10 atom stereocenters. The van der Waals surface area contributed by atoms with Crippen LogP contribution in [0.3, 0.4) is 0 Å². The van der Waals surface area contributed by atoms with Gasteiger partial charge in [0.05, 0.1) is 25.2 Å². The SMILES string of the molecule is CC(C)[C@H](NC(=O)[C@H](CO)NC(=O)[C@H](Cc1ccccc1)NC(=O)[C@@H]1CCCN1C(=O)[C@@H](NC(=O)[C@H](CCC(N)=O)NC(=O)[C@H](CC(=O)O)NC(=O)[C@@H](NC(=O)[C@@H](N)Cc1ccccc1)[C@@H](C)O)C(C)C)C(=O)O. The first kappa shape index (κ1) is 60.8. The Balaban J connectivity index is 1.82. The van der Waals surface area contributed by atoms with Gasteiger partial charge in [-0.15, -0.1) is 0 Å². The van der Waals surface area contributed by atoms with E-state index in [0.717, 1.165) is 6.92 Å². The first-order chi connectivity index (χ1) is 34.8. The molecule has 0 unspecified atom stereocenters. The lowest BCUT2D eigenvalue weighted by atomic mass is 10.00. The summed E-state index contributed by atoms with van der Waals surface area (Å²) in [5.74, 6) is -12.8. The van der Waals surface area contributed by atoms with Crippen molar-refractivity contribution >= 4 is 65.1 Å². The van der Waals surface area contributed by atoms with E-state index >= 15 is 0 Å². The zero-order valence-corrected chi connectivity index (χ0v) is 41.9. The number of nitrogens with zero attached hydrogens (tertiary/aromatic N) is 1. The van der Waals surface area contributed by atoms with Crippen molar-refractivity contribution in [2.75, 3.05) is 13.2 Å². The summed E-state index contributed by atoms with van der Waals surface area (Å²) in [6.07, 6.45) is -3.25. The minimum atomic E-state index is -1.93. The van der Waals surface area contributed by atoms with E-state index in [-0.39, 0.29) is 25.8 Å². The molecule has 2 aromatic rings. The zero-order valence-electron chi connectivity index (χ0n) is 41.9. The van der Waals surface area contributed by atoms with Gasteiger partial charge in [-0.25, -0.2) is 4.79 Å². The molecule has 1 saturated heterocycles. The highest BCUT2D eigenvalue weighted by molar-refractivity contribution is 5.99. The lowest BCUT2D eigenvalue weighted by molar-refractivity contribution is -0.144. The largest absolute Gasteiger partial charge is 0.481 e. The summed E-state index contributed by atoms with van der Waals surface area (Å²) in [7, 11) is 0. The lowest BCUT2D eigenvalue weighted by Gasteiger charge is -2.32. The minimum absolute atomic E-state index is 0.0180. The van der Waals surface area contributed by atoms with Crippen molar-refractivity contribution in [1.29, 1.82) is 0 Å². The van der Waals surface area contributed by atoms with Crippen molar-refractivity contribution in [2.45, 2.75) is 140 Å². The van der Waals surface area contributed by atoms with Crippen LogP contribution >= 0.6 is 0 Å². The molecule has 0 bridgehead atoms. The van der Waals surface area contributed by atoms with Crippen molar-refractivity contribution in [3.05, 3.63) is 71.8 Å². The number of hydrogen-bond acceptors (Lipinski definition) is 14. The zero-order chi connectivity index (χ0) is 55.4. The molecule has 0 spiro atoms. The van der Waals surface area contributed by atoms with Crippen LogP contribution in [0.15, 0.2) is 60.7 Å². The molecule has 1 aliphatic rings. The van der Waals surface area contributed by atoms with Crippen LogP contribution in [0.25, 0.3) is 0 Å². The smallest absolute Gasteiger partial charge is 0.326 e. The molecule has 0 aromatic heterocycles. The maximum Gasteiger partial charge on any atom is 0.326 e. The molecule has 0 aliphatic carbocycles. The van der Waals surface area contributed by atoms with Gasteiger partial charge in [-0.1, -0.05) is 88.4 Å². The third-order valence-electron chi connectivity index (χ3n) is 12.1. The van der Waals surface area contributed by atoms with Crippen molar-refractivity contribution in [3.63, 3.8) is 0 Å². The van der Waals surface area contributed by atoms with E-state index in [1.54, 1.807) is 88.4 Å². The van der Waals surface area contributed by atoms with Gasteiger partial charge in [-0.2, -0.15) is 0 Å². The predicted molar refractivity (Wildman–Crippen MR) is 263 cm³/mol. The van der Waals surface area contributed by atoms with Gasteiger partial charge in [-0.3, -0.25) is 47.9 Å². The van der Waals surface area contributed by atoms with Gasteiger partial charge < -0.3 is 74.0 Å². The molecule has 0 radical (unpaired) electrons. The van der Waals surface area contributed by atoms with Crippen LogP contribution < -0.4 is 48.7 Å². The number of aliphatic hydroxyl groups excluding tert-OH is 2. The number of carboxylic acid groups (broad SMARTS) is 2. The van der Waals surface area contributed by atoms with Gasteiger partial charge in [0.2, 0.25) is 53.2 Å². The number of carboxylic acids is 2. The first-order valence-corrected chi connectivity index (χ1v) is 24.1. The van der Waals surface area contributed by atoms with Gasteiger partial charge in [0.1, 0.15) is 48.3 Å². The highest BCUT2D eigenvalue weighted by atomic mass is 16.4.